The predicted octanol–water partition coefficient (Wildman–Crippen LogP) is 6.45. The first-order chi connectivity index (χ1) is 20.6. The van der Waals surface area contributed by atoms with Gasteiger partial charge in [0.25, 0.3) is 10.0 Å². The van der Waals surface area contributed by atoms with E-state index in [2.05, 4.69) is 5.32 Å². The van der Waals surface area contributed by atoms with Crippen molar-refractivity contribution < 1.29 is 22.7 Å². The molecular weight excluding hydrogens is 609 g/mol. The van der Waals surface area contributed by atoms with Crippen LogP contribution in [0.5, 0.6) is 5.75 Å². The molecule has 4 rings (SSSR count). The average molecular weight is 647 g/mol. The van der Waals surface area contributed by atoms with Crippen LogP contribution in [0, 0.1) is 0 Å². The van der Waals surface area contributed by atoms with Crippen molar-refractivity contribution in [3.63, 3.8) is 0 Å². The third-order valence-electron chi connectivity index (χ3n) is 7.61. The van der Waals surface area contributed by atoms with E-state index in [1.54, 1.807) is 43.5 Å². The first-order valence-corrected chi connectivity index (χ1v) is 16.6. The molecule has 0 unspecified atom stereocenters. The maximum atomic E-state index is 14.3. The van der Waals surface area contributed by atoms with Gasteiger partial charge in [-0.1, -0.05) is 79.7 Å². The third kappa shape index (κ3) is 8.22. The minimum atomic E-state index is -4.24. The lowest BCUT2D eigenvalue weighted by molar-refractivity contribution is -0.140. The van der Waals surface area contributed by atoms with Gasteiger partial charge in [-0.15, -0.1) is 0 Å². The molecule has 0 spiro atoms. The van der Waals surface area contributed by atoms with Crippen molar-refractivity contribution in [1.29, 1.82) is 0 Å². The van der Waals surface area contributed by atoms with Gasteiger partial charge in [0.1, 0.15) is 18.3 Å². The van der Waals surface area contributed by atoms with E-state index in [0.717, 1.165) is 42.0 Å². The molecule has 3 aromatic rings. The number of nitrogens with zero attached hydrogens (tertiary/aromatic N) is 2. The summed E-state index contributed by atoms with van der Waals surface area (Å²) in [5, 5.41) is 3.54. The van der Waals surface area contributed by atoms with Gasteiger partial charge in [0.15, 0.2) is 0 Å². The second-order valence-corrected chi connectivity index (χ2v) is 13.3. The summed E-state index contributed by atoms with van der Waals surface area (Å²) in [6.07, 6.45) is 5.35. The minimum absolute atomic E-state index is 0.00440. The fourth-order valence-corrected chi connectivity index (χ4v) is 7.36. The van der Waals surface area contributed by atoms with E-state index in [1.807, 2.05) is 13.0 Å². The number of amides is 2. The van der Waals surface area contributed by atoms with E-state index in [4.69, 9.17) is 27.9 Å². The van der Waals surface area contributed by atoms with Crippen molar-refractivity contribution in [3.8, 4) is 5.75 Å². The van der Waals surface area contributed by atoms with Gasteiger partial charge in [0.2, 0.25) is 11.8 Å². The maximum Gasteiger partial charge on any atom is 0.264 e. The highest BCUT2D eigenvalue weighted by Crippen LogP contribution is 2.33. The molecule has 2 amide bonds. The van der Waals surface area contributed by atoms with Crippen LogP contribution in [-0.4, -0.2) is 50.9 Å². The number of carbonyl (C=O) groups excluding carboxylic acids is 2. The molecule has 3 aromatic carbocycles. The summed E-state index contributed by atoms with van der Waals surface area (Å²) in [6.45, 7) is 1.32. The lowest BCUT2D eigenvalue weighted by atomic mass is 9.95. The van der Waals surface area contributed by atoms with Crippen LogP contribution in [0.3, 0.4) is 0 Å². The van der Waals surface area contributed by atoms with Gasteiger partial charge in [0.05, 0.1) is 22.7 Å². The number of halogens is 2. The second-order valence-electron chi connectivity index (χ2n) is 10.6. The molecule has 1 atom stereocenters. The predicted molar refractivity (Wildman–Crippen MR) is 170 cm³/mol. The van der Waals surface area contributed by atoms with Gasteiger partial charge in [0, 0.05) is 17.6 Å². The Morgan fingerprint density at radius 2 is 1.70 bits per heavy atom. The number of methoxy groups -OCH3 is 1. The highest BCUT2D eigenvalue weighted by atomic mass is 35.5. The van der Waals surface area contributed by atoms with E-state index in [-0.39, 0.29) is 34.1 Å². The van der Waals surface area contributed by atoms with E-state index in [1.165, 1.54) is 35.2 Å². The molecule has 1 N–H and O–H groups in total. The first-order valence-electron chi connectivity index (χ1n) is 14.4. The summed E-state index contributed by atoms with van der Waals surface area (Å²) < 4.78 is 34.3. The summed E-state index contributed by atoms with van der Waals surface area (Å²) in [4.78, 5) is 29.4. The molecule has 43 heavy (non-hydrogen) atoms. The first kappa shape index (κ1) is 32.6. The summed E-state index contributed by atoms with van der Waals surface area (Å²) >= 11 is 12.6. The van der Waals surface area contributed by atoms with Crippen LogP contribution in [0.4, 0.5) is 5.69 Å². The lowest BCUT2D eigenvalue weighted by Crippen LogP contribution is -2.54. The van der Waals surface area contributed by atoms with Crippen LogP contribution >= 0.6 is 23.2 Å². The van der Waals surface area contributed by atoms with Crippen molar-refractivity contribution in [1.82, 2.24) is 10.2 Å². The number of anilines is 1. The fourth-order valence-electron chi connectivity index (χ4n) is 5.35. The van der Waals surface area contributed by atoms with E-state index in [9.17, 15) is 18.0 Å². The minimum Gasteiger partial charge on any atom is -0.497 e. The molecule has 1 fully saturated rings. The molecule has 0 saturated heterocycles. The van der Waals surface area contributed by atoms with Crippen LogP contribution in [-0.2, 0) is 26.2 Å². The third-order valence-corrected chi connectivity index (χ3v) is 9.92. The Hall–Kier alpha value is -3.27. The molecule has 1 saturated carbocycles. The second kappa shape index (κ2) is 14.9. The van der Waals surface area contributed by atoms with Crippen molar-refractivity contribution in [3.05, 3.63) is 88.4 Å². The van der Waals surface area contributed by atoms with Gasteiger partial charge in [-0.05, 0) is 67.3 Å². The smallest absolute Gasteiger partial charge is 0.264 e. The molecule has 8 nitrogen and oxygen atoms in total. The van der Waals surface area contributed by atoms with E-state index < -0.39 is 28.5 Å². The Labute approximate surface area is 264 Å². The molecular formula is C32H37Cl2N3O5S. The zero-order chi connectivity index (χ0) is 31.0. The van der Waals surface area contributed by atoms with Gasteiger partial charge in [-0.2, -0.15) is 0 Å². The molecule has 0 radical (unpaired) electrons. The monoisotopic (exact) mass is 645 g/mol. The zero-order valence-electron chi connectivity index (χ0n) is 24.3. The van der Waals surface area contributed by atoms with Gasteiger partial charge < -0.3 is 15.0 Å². The van der Waals surface area contributed by atoms with Gasteiger partial charge >= 0.3 is 0 Å². The van der Waals surface area contributed by atoms with Crippen LogP contribution in [0.1, 0.15) is 51.0 Å². The van der Waals surface area contributed by atoms with Crippen LogP contribution < -0.4 is 14.4 Å². The lowest BCUT2D eigenvalue weighted by Gasteiger charge is -2.34. The summed E-state index contributed by atoms with van der Waals surface area (Å²) in [7, 11) is -2.69. The Kier molecular flexibility index (Phi) is 11.3. The van der Waals surface area contributed by atoms with E-state index in [0.29, 0.717) is 17.2 Å². The molecule has 230 valence electrons. The quantitative estimate of drug-likeness (QED) is 0.244. The zero-order valence-corrected chi connectivity index (χ0v) is 26.7. The number of ether oxygens (including phenoxy) is 1. The van der Waals surface area contributed by atoms with Gasteiger partial charge in [-0.25, -0.2) is 8.42 Å². The number of rotatable bonds is 12. The number of sulfonamides is 1. The number of hydrogen-bond acceptors (Lipinski definition) is 5. The molecule has 1 aliphatic carbocycles. The Morgan fingerprint density at radius 3 is 2.35 bits per heavy atom. The van der Waals surface area contributed by atoms with Crippen molar-refractivity contribution in [2.75, 3.05) is 18.0 Å². The molecule has 11 heteroatoms. The number of hydrogen-bond donors (Lipinski definition) is 1. The summed E-state index contributed by atoms with van der Waals surface area (Å²) in [6, 6.07) is 18.7. The van der Waals surface area contributed by atoms with E-state index >= 15 is 0 Å². The molecule has 0 bridgehead atoms. The van der Waals surface area contributed by atoms with Crippen LogP contribution in [0.2, 0.25) is 10.0 Å². The Balaban J connectivity index is 1.73. The van der Waals surface area contributed by atoms with Crippen LogP contribution in [0.25, 0.3) is 0 Å². The molecule has 0 aliphatic heterocycles. The maximum absolute atomic E-state index is 14.3. The van der Waals surface area contributed by atoms with Crippen molar-refractivity contribution in [2.24, 2.45) is 0 Å². The van der Waals surface area contributed by atoms with Gasteiger partial charge in [-0.3, -0.25) is 13.9 Å². The summed E-state index contributed by atoms with van der Waals surface area (Å²) in [5.41, 5.74) is 0.836. The fraction of sp³-hybridized carbons (Fsp3) is 0.375. The average Bonchev–Trinajstić information content (AvgIpc) is 3.01. The Bertz CT molecular complexity index is 1510. The van der Waals surface area contributed by atoms with Crippen LogP contribution in [0.15, 0.2) is 77.7 Å². The standard InChI is InChI=1S/C32H37Cl2N3O5S/c1-3-29(32(39)35-25-12-6-4-7-13-25)36(21-23-11-10-14-26(19-23)42-2)31(38)22-37(30-18-17-24(33)20-28(30)34)43(40,41)27-15-8-5-9-16-27/h5,8-11,14-20,25,29H,3-4,6-7,12-13,21-22H2,1-2H3,(H,35,39)/t29-/m1/s1. The van der Waals surface area contributed by atoms with Crippen molar-refractivity contribution in [2.45, 2.75) is 69.0 Å². The molecule has 1 aliphatic rings. The highest BCUT2D eigenvalue weighted by molar-refractivity contribution is 7.92. The Morgan fingerprint density at radius 1 is 0.977 bits per heavy atom. The number of benzene rings is 3. The largest absolute Gasteiger partial charge is 0.497 e. The highest BCUT2D eigenvalue weighted by Gasteiger charge is 2.35. The SMILES string of the molecule is CC[C@H](C(=O)NC1CCCCC1)N(Cc1cccc(OC)c1)C(=O)CN(c1ccc(Cl)cc1Cl)S(=O)(=O)c1ccccc1. The van der Waals surface area contributed by atoms with Crippen molar-refractivity contribution >= 4 is 50.7 Å². The molecule has 0 aromatic heterocycles. The normalized spacial score (nSPS) is 14.5. The summed E-state index contributed by atoms with van der Waals surface area (Å²) in [5.74, 6) is -0.211. The number of carbonyl (C=O) groups is 2. The number of nitrogens with one attached hydrogen (secondary N) is 1. The topological polar surface area (TPSA) is 96.0 Å². The molecule has 0 heterocycles.